The Kier molecular flexibility index (Phi) is 3.68. The molecular formula is C15H10ClN3OS. The van der Waals surface area contributed by atoms with Crippen molar-refractivity contribution in [2.45, 2.75) is 0 Å². The number of aromatic nitrogens is 2. The summed E-state index contributed by atoms with van der Waals surface area (Å²) in [5.41, 5.74) is 1.14. The molecule has 0 atom stereocenters. The van der Waals surface area contributed by atoms with Crippen molar-refractivity contribution in [3.05, 3.63) is 74.2 Å². The maximum absolute atomic E-state index is 12.4. The quantitative estimate of drug-likeness (QED) is 0.580. The Labute approximate surface area is 130 Å². The number of nitrogens with one attached hydrogen (secondary N) is 1. The van der Waals surface area contributed by atoms with Crippen LogP contribution in [0.3, 0.4) is 0 Å². The van der Waals surface area contributed by atoms with Crippen LogP contribution < -0.4 is 5.56 Å². The number of halogens is 1. The van der Waals surface area contributed by atoms with E-state index in [1.165, 1.54) is 6.21 Å². The molecule has 2 aromatic carbocycles. The number of fused-ring (bicyclic) bond motifs is 1. The summed E-state index contributed by atoms with van der Waals surface area (Å²) < 4.78 is 1.39. The van der Waals surface area contributed by atoms with Crippen LogP contribution in [0.1, 0.15) is 5.56 Å². The molecule has 3 aromatic rings. The average molecular weight is 316 g/mol. The van der Waals surface area contributed by atoms with Crippen molar-refractivity contribution in [2.24, 2.45) is 5.10 Å². The minimum Gasteiger partial charge on any atom is -0.330 e. The van der Waals surface area contributed by atoms with Gasteiger partial charge in [-0.15, -0.1) is 0 Å². The molecule has 0 radical (unpaired) electrons. The van der Waals surface area contributed by atoms with Crippen LogP contribution in [-0.4, -0.2) is 15.9 Å². The smallest absolute Gasteiger partial charge is 0.282 e. The molecule has 0 aliphatic rings. The third kappa shape index (κ3) is 2.66. The second-order valence-electron chi connectivity index (χ2n) is 4.36. The van der Waals surface area contributed by atoms with E-state index in [1.807, 2.05) is 24.3 Å². The van der Waals surface area contributed by atoms with Gasteiger partial charge in [0.1, 0.15) is 0 Å². The van der Waals surface area contributed by atoms with Crippen molar-refractivity contribution in [1.29, 1.82) is 0 Å². The monoisotopic (exact) mass is 315 g/mol. The maximum Gasteiger partial charge on any atom is 0.282 e. The van der Waals surface area contributed by atoms with Crippen LogP contribution in [0.2, 0.25) is 5.02 Å². The fourth-order valence-corrected chi connectivity index (χ4v) is 2.38. The van der Waals surface area contributed by atoms with Crippen molar-refractivity contribution in [1.82, 2.24) is 9.66 Å². The molecule has 1 aromatic heterocycles. The lowest BCUT2D eigenvalue weighted by Crippen LogP contribution is -2.18. The molecule has 0 amide bonds. The van der Waals surface area contributed by atoms with Gasteiger partial charge in [-0.1, -0.05) is 41.9 Å². The van der Waals surface area contributed by atoms with Crippen molar-refractivity contribution in [3.63, 3.8) is 0 Å². The minimum absolute atomic E-state index is 0.238. The summed E-state index contributed by atoms with van der Waals surface area (Å²) in [6, 6.07) is 14.4. The fraction of sp³-hybridized carbons (Fsp3) is 0. The molecule has 21 heavy (non-hydrogen) atoms. The van der Waals surface area contributed by atoms with Gasteiger partial charge in [0.05, 0.1) is 17.1 Å². The topological polar surface area (TPSA) is 50.1 Å². The van der Waals surface area contributed by atoms with Gasteiger partial charge in [0.15, 0.2) is 0 Å². The molecule has 1 heterocycles. The Morgan fingerprint density at radius 3 is 2.67 bits per heavy atom. The standard InChI is InChI=1S/C15H10ClN3OS/c16-12-7-3-1-5-10(12)9-17-19-14(20)11-6-2-4-8-13(11)18-15(19)21/h1-9H,(H,18,21)/b17-9-. The van der Waals surface area contributed by atoms with Crippen molar-refractivity contribution in [2.75, 3.05) is 0 Å². The highest BCUT2D eigenvalue weighted by atomic mass is 35.5. The first-order valence-corrected chi connectivity index (χ1v) is 6.98. The van der Waals surface area contributed by atoms with E-state index < -0.39 is 0 Å². The Bertz CT molecular complexity index is 959. The molecule has 6 heteroatoms. The Hall–Kier alpha value is -2.24. The van der Waals surface area contributed by atoms with Crippen molar-refractivity contribution in [3.8, 4) is 0 Å². The summed E-state index contributed by atoms with van der Waals surface area (Å²) in [6.07, 6.45) is 1.52. The molecule has 4 nitrogen and oxygen atoms in total. The van der Waals surface area contributed by atoms with Gasteiger partial charge in [-0.25, -0.2) is 0 Å². The van der Waals surface area contributed by atoms with E-state index in [1.54, 1.807) is 24.3 Å². The second-order valence-corrected chi connectivity index (χ2v) is 5.15. The van der Waals surface area contributed by atoms with Gasteiger partial charge in [-0.2, -0.15) is 9.78 Å². The molecular weight excluding hydrogens is 306 g/mol. The summed E-state index contributed by atoms with van der Waals surface area (Å²) in [4.78, 5) is 15.4. The van der Waals surface area contributed by atoms with E-state index in [0.717, 1.165) is 4.68 Å². The number of benzene rings is 2. The molecule has 0 saturated heterocycles. The van der Waals surface area contributed by atoms with Gasteiger partial charge < -0.3 is 4.98 Å². The number of hydrogen-bond acceptors (Lipinski definition) is 3. The zero-order valence-corrected chi connectivity index (χ0v) is 12.4. The number of rotatable bonds is 2. The molecule has 0 saturated carbocycles. The molecule has 0 fully saturated rings. The van der Waals surface area contributed by atoms with Gasteiger partial charge in [0.2, 0.25) is 4.77 Å². The van der Waals surface area contributed by atoms with E-state index in [-0.39, 0.29) is 10.3 Å². The molecule has 1 N–H and O–H groups in total. The van der Waals surface area contributed by atoms with E-state index in [9.17, 15) is 4.79 Å². The first-order chi connectivity index (χ1) is 10.2. The van der Waals surface area contributed by atoms with Gasteiger partial charge in [-0.05, 0) is 30.4 Å². The molecule has 0 aliphatic carbocycles. The van der Waals surface area contributed by atoms with Crippen molar-refractivity contribution >= 4 is 40.9 Å². The van der Waals surface area contributed by atoms with Gasteiger partial charge >= 0.3 is 0 Å². The van der Waals surface area contributed by atoms with E-state index in [2.05, 4.69) is 10.1 Å². The predicted octanol–water partition coefficient (Wildman–Crippen LogP) is 3.59. The highest BCUT2D eigenvalue weighted by Crippen LogP contribution is 2.12. The van der Waals surface area contributed by atoms with Gasteiger partial charge in [-0.3, -0.25) is 4.79 Å². The molecule has 0 aliphatic heterocycles. The molecule has 0 unspecified atom stereocenters. The van der Waals surface area contributed by atoms with Crippen molar-refractivity contribution < 1.29 is 0 Å². The van der Waals surface area contributed by atoms with Crippen LogP contribution >= 0.6 is 23.8 Å². The van der Waals surface area contributed by atoms with Gasteiger partial charge in [0.25, 0.3) is 5.56 Å². The molecule has 0 spiro atoms. The Morgan fingerprint density at radius 2 is 1.86 bits per heavy atom. The minimum atomic E-state index is -0.266. The molecule has 3 rings (SSSR count). The Morgan fingerprint density at radius 1 is 1.14 bits per heavy atom. The number of hydrogen-bond donors (Lipinski definition) is 1. The van der Waals surface area contributed by atoms with Crippen LogP contribution in [-0.2, 0) is 0 Å². The maximum atomic E-state index is 12.4. The first-order valence-electron chi connectivity index (χ1n) is 6.20. The zero-order valence-electron chi connectivity index (χ0n) is 10.8. The van der Waals surface area contributed by atoms with Crippen LogP contribution in [0.4, 0.5) is 0 Å². The van der Waals surface area contributed by atoms with Crippen LogP contribution in [0.15, 0.2) is 58.4 Å². The lowest BCUT2D eigenvalue weighted by atomic mass is 10.2. The molecule has 104 valence electrons. The van der Waals surface area contributed by atoms with E-state index in [0.29, 0.717) is 21.5 Å². The molecule has 0 bridgehead atoms. The van der Waals surface area contributed by atoms with E-state index >= 15 is 0 Å². The lowest BCUT2D eigenvalue weighted by Gasteiger charge is -2.02. The summed E-state index contributed by atoms with van der Waals surface area (Å²) in [5.74, 6) is 0. The second kappa shape index (κ2) is 5.63. The largest absolute Gasteiger partial charge is 0.330 e. The van der Waals surface area contributed by atoms with Crippen LogP contribution in [0.5, 0.6) is 0 Å². The van der Waals surface area contributed by atoms with Gasteiger partial charge in [0, 0.05) is 10.6 Å². The third-order valence-electron chi connectivity index (χ3n) is 3.00. The zero-order chi connectivity index (χ0) is 14.8. The summed E-state index contributed by atoms with van der Waals surface area (Å²) >= 11 is 11.2. The third-order valence-corrected chi connectivity index (χ3v) is 3.62. The van der Waals surface area contributed by atoms with Crippen LogP contribution in [0.25, 0.3) is 10.9 Å². The lowest BCUT2D eigenvalue weighted by molar-refractivity contribution is 0.800. The predicted molar refractivity (Wildman–Crippen MR) is 87.8 cm³/mol. The Balaban J connectivity index is 2.16. The normalized spacial score (nSPS) is 11.3. The van der Waals surface area contributed by atoms with E-state index in [4.69, 9.17) is 23.8 Å². The summed E-state index contributed by atoms with van der Waals surface area (Å²) in [6.45, 7) is 0. The number of H-pyrrole nitrogens is 1. The number of aromatic amines is 1. The van der Waals surface area contributed by atoms with Crippen LogP contribution in [0, 0.1) is 4.77 Å². The summed E-state index contributed by atoms with van der Waals surface area (Å²) in [7, 11) is 0. The summed E-state index contributed by atoms with van der Waals surface area (Å²) in [5, 5.41) is 5.24. The fourth-order valence-electron chi connectivity index (χ4n) is 1.96. The highest BCUT2D eigenvalue weighted by molar-refractivity contribution is 7.71. The average Bonchev–Trinajstić information content (AvgIpc) is 2.49. The SMILES string of the molecule is O=c1c2ccccc2[nH]c(=S)n1/N=C\c1ccccc1Cl. The number of nitrogens with zero attached hydrogens (tertiary/aromatic N) is 2. The first kappa shape index (κ1) is 13.7. The highest BCUT2D eigenvalue weighted by Gasteiger charge is 2.03. The number of para-hydroxylation sites is 1.